The van der Waals surface area contributed by atoms with Crippen molar-refractivity contribution < 1.29 is 13.8 Å². The first kappa shape index (κ1) is 19.4. The molecule has 24 heavy (non-hydrogen) atoms. The smallest absolute Gasteiger partial charge is 0.350 e. The summed E-state index contributed by atoms with van der Waals surface area (Å²) < 4.78 is 25.8. The fourth-order valence-corrected chi connectivity index (χ4v) is 3.08. The molecule has 1 N–H and O–H groups in total. The highest BCUT2D eigenvalue weighted by molar-refractivity contribution is 7.83. The Balaban J connectivity index is 2.14. The van der Waals surface area contributed by atoms with Gasteiger partial charge in [-0.3, -0.25) is 23.8 Å². The normalized spacial score (nSPS) is 24.9. The van der Waals surface area contributed by atoms with E-state index >= 15 is 0 Å². The summed E-state index contributed by atoms with van der Waals surface area (Å²) in [5.74, 6) is 0. The predicted octanol–water partition coefficient (Wildman–Crippen LogP) is 0.599. The molecule has 1 saturated heterocycles. The van der Waals surface area contributed by atoms with Gasteiger partial charge in [-0.2, -0.15) is 0 Å². The van der Waals surface area contributed by atoms with Gasteiger partial charge in [-0.1, -0.05) is 0 Å². The third kappa shape index (κ3) is 4.56. The number of ether oxygens (including phenoxy) is 1. The van der Waals surface area contributed by atoms with Crippen molar-refractivity contribution in [2.75, 3.05) is 40.8 Å². The molecule has 1 aromatic heterocycles. The van der Waals surface area contributed by atoms with Crippen LogP contribution in [0.25, 0.3) is 0 Å². The van der Waals surface area contributed by atoms with Crippen molar-refractivity contribution in [3.05, 3.63) is 32.6 Å². The summed E-state index contributed by atoms with van der Waals surface area (Å²) in [7, 11) is 5.00. The Morgan fingerprint density at radius 1 is 1.46 bits per heavy atom. The summed E-state index contributed by atoms with van der Waals surface area (Å²) in [5.41, 5.74) is -0.548. The van der Waals surface area contributed by atoms with Crippen LogP contribution in [-0.4, -0.2) is 66.1 Å². The zero-order chi connectivity index (χ0) is 18.1. The number of aromatic amines is 1. The lowest BCUT2D eigenvalue weighted by Crippen LogP contribution is -2.48. The van der Waals surface area contributed by atoms with Gasteiger partial charge in [0.15, 0.2) is 6.23 Å². The average molecular weight is 381 g/mol. The highest BCUT2D eigenvalue weighted by Gasteiger charge is 2.31. The van der Waals surface area contributed by atoms with Crippen molar-refractivity contribution in [2.45, 2.75) is 19.3 Å². The number of H-pyrrole nitrogens is 1. The number of hydrogen-bond acceptors (Lipinski definition) is 6. The third-order valence-corrected chi connectivity index (χ3v) is 6.31. The zero-order valence-electron chi connectivity index (χ0n) is 14.1. The number of rotatable bonds is 5. The lowest BCUT2D eigenvalue weighted by Gasteiger charge is -2.36. The van der Waals surface area contributed by atoms with E-state index in [4.69, 9.17) is 20.5 Å². The number of hydrogen-bond donors (Lipinski definition) is 1. The van der Waals surface area contributed by atoms with Crippen LogP contribution in [0.15, 0.2) is 15.8 Å². The summed E-state index contributed by atoms with van der Waals surface area (Å²) in [5, 5.41) is 0. The van der Waals surface area contributed by atoms with Crippen molar-refractivity contribution in [1.82, 2.24) is 19.1 Å². The molecule has 1 aromatic rings. The molecule has 136 valence electrons. The van der Waals surface area contributed by atoms with E-state index < -0.39 is 30.5 Å². The largest absolute Gasteiger partial charge is 0.362 e. The molecular formula is C13H22ClN4O5P. The van der Waals surface area contributed by atoms with Gasteiger partial charge in [0, 0.05) is 24.8 Å². The fraction of sp³-hybridized carbons (Fsp3) is 0.692. The number of aromatic nitrogens is 2. The molecule has 1 unspecified atom stereocenters. The van der Waals surface area contributed by atoms with Crippen LogP contribution in [0.4, 0.5) is 0 Å². The van der Waals surface area contributed by atoms with E-state index in [1.165, 1.54) is 15.4 Å². The zero-order valence-corrected chi connectivity index (χ0v) is 15.7. The highest BCUT2D eigenvalue weighted by Crippen LogP contribution is 2.54. The van der Waals surface area contributed by atoms with Gasteiger partial charge < -0.3 is 9.26 Å². The lowest BCUT2D eigenvalue weighted by molar-refractivity contribution is -0.127. The second-order valence-electron chi connectivity index (χ2n) is 6.01. The molecule has 1 aliphatic rings. The van der Waals surface area contributed by atoms with Crippen molar-refractivity contribution in [3.63, 3.8) is 0 Å². The fourth-order valence-electron chi connectivity index (χ4n) is 2.33. The molecule has 2 rings (SSSR count). The second kappa shape index (κ2) is 7.51. The van der Waals surface area contributed by atoms with Gasteiger partial charge in [-0.15, -0.1) is 0 Å². The minimum Gasteiger partial charge on any atom is -0.350 e. The molecule has 0 aromatic carbocycles. The van der Waals surface area contributed by atoms with Gasteiger partial charge in [-0.25, -0.2) is 9.46 Å². The Labute approximate surface area is 144 Å². The van der Waals surface area contributed by atoms with Gasteiger partial charge in [0.05, 0.1) is 12.7 Å². The van der Waals surface area contributed by atoms with Gasteiger partial charge in [0.25, 0.3) is 5.56 Å². The van der Waals surface area contributed by atoms with Crippen molar-refractivity contribution >= 4 is 18.1 Å². The van der Waals surface area contributed by atoms with Crippen LogP contribution in [0.3, 0.4) is 0 Å². The van der Waals surface area contributed by atoms with Crippen LogP contribution in [-0.2, 0) is 13.8 Å². The Bertz CT molecular complexity index is 749. The maximum atomic E-state index is 12.0. The molecule has 11 heteroatoms. The van der Waals surface area contributed by atoms with Crippen molar-refractivity contribution in [2.24, 2.45) is 0 Å². The van der Waals surface area contributed by atoms with E-state index in [1.54, 1.807) is 21.0 Å². The summed E-state index contributed by atoms with van der Waals surface area (Å²) in [4.78, 5) is 27.7. The minimum absolute atomic E-state index is 0.0247. The standard InChI is InChI=1S/C13H22ClN4O5P/c1-9-5-18(13(20)15-12(9)19)11-7-17(4)6-10(23-11)8-22-24(14,21)16(2)3/h5,10-11H,6-8H2,1-4H3,(H,15,19,20)/t10-,11+,24?/m0/s1. The van der Waals surface area contributed by atoms with E-state index in [-0.39, 0.29) is 6.61 Å². The number of morpholine rings is 1. The molecule has 0 bridgehead atoms. The van der Waals surface area contributed by atoms with E-state index in [0.29, 0.717) is 18.7 Å². The SMILES string of the molecule is Cc1cn([C@H]2CN(C)C[C@@H](COP(=O)(Cl)N(C)C)O2)c(=O)[nH]c1=O. The van der Waals surface area contributed by atoms with E-state index in [9.17, 15) is 14.2 Å². The van der Waals surface area contributed by atoms with Crippen molar-refractivity contribution in [3.8, 4) is 0 Å². The molecule has 0 spiro atoms. The van der Waals surface area contributed by atoms with Gasteiger partial charge in [0.2, 0.25) is 0 Å². The van der Waals surface area contributed by atoms with Gasteiger partial charge in [-0.05, 0) is 39.3 Å². The Hall–Kier alpha value is -0.960. The van der Waals surface area contributed by atoms with Gasteiger partial charge >= 0.3 is 12.6 Å². The van der Waals surface area contributed by atoms with Crippen LogP contribution >= 0.6 is 18.1 Å². The van der Waals surface area contributed by atoms with E-state index in [2.05, 4.69) is 4.98 Å². The monoisotopic (exact) mass is 380 g/mol. The van der Waals surface area contributed by atoms with Gasteiger partial charge in [0.1, 0.15) is 0 Å². The van der Waals surface area contributed by atoms with Crippen LogP contribution in [0.1, 0.15) is 11.8 Å². The van der Waals surface area contributed by atoms with Crippen molar-refractivity contribution in [1.29, 1.82) is 0 Å². The number of nitrogens with one attached hydrogen (secondary N) is 1. The number of halogens is 1. The Morgan fingerprint density at radius 2 is 2.12 bits per heavy atom. The van der Waals surface area contributed by atoms with E-state index in [0.717, 1.165) is 0 Å². The van der Waals surface area contributed by atoms with E-state index in [1.807, 2.05) is 11.9 Å². The van der Waals surface area contributed by atoms with Crippen LogP contribution in [0, 0.1) is 6.92 Å². The molecule has 0 amide bonds. The van der Waals surface area contributed by atoms with Crippen LogP contribution in [0.2, 0.25) is 0 Å². The molecule has 1 aliphatic heterocycles. The van der Waals surface area contributed by atoms with Crippen LogP contribution < -0.4 is 11.2 Å². The molecule has 0 radical (unpaired) electrons. The Morgan fingerprint density at radius 3 is 2.75 bits per heavy atom. The molecule has 9 nitrogen and oxygen atoms in total. The average Bonchev–Trinajstić information content (AvgIpc) is 2.48. The topological polar surface area (TPSA) is 96.9 Å². The maximum Gasteiger partial charge on any atom is 0.362 e. The highest BCUT2D eigenvalue weighted by atomic mass is 35.7. The predicted molar refractivity (Wildman–Crippen MR) is 90.6 cm³/mol. The minimum atomic E-state index is -3.38. The maximum absolute atomic E-state index is 12.0. The molecular weight excluding hydrogens is 359 g/mol. The molecule has 0 aliphatic carbocycles. The first-order chi connectivity index (χ1) is 11.1. The first-order valence-electron chi connectivity index (χ1n) is 7.38. The number of likely N-dealkylation sites (N-methyl/N-ethyl adjacent to an activating group) is 1. The molecule has 3 atom stereocenters. The lowest BCUT2D eigenvalue weighted by atomic mass is 10.2. The first-order valence-corrected chi connectivity index (χ1v) is 9.86. The number of aryl methyl sites for hydroxylation is 1. The molecule has 2 heterocycles. The van der Waals surface area contributed by atoms with Crippen LogP contribution in [0.5, 0.6) is 0 Å². The summed E-state index contributed by atoms with van der Waals surface area (Å²) in [6.07, 6.45) is 0.462. The summed E-state index contributed by atoms with van der Waals surface area (Å²) >= 11 is 5.84. The quantitative estimate of drug-likeness (QED) is 0.747. The summed E-state index contributed by atoms with van der Waals surface area (Å²) in [6, 6.07) is 0. The second-order valence-corrected chi connectivity index (χ2v) is 9.25. The Kier molecular flexibility index (Phi) is 6.06. The summed E-state index contributed by atoms with van der Waals surface area (Å²) in [6.45, 7) is -0.731. The number of nitrogens with zero attached hydrogens (tertiary/aromatic N) is 3. The molecule has 0 saturated carbocycles. The molecule has 1 fully saturated rings. The third-order valence-electron chi connectivity index (χ3n) is 3.69.